The van der Waals surface area contributed by atoms with Gasteiger partial charge in [0.15, 0.2) is 11.5 Å². The highest BCUT2D eigenvalue weighted by Gasteiger charge is 2.36. The Morgan fingerprint density at radius 1 is 1.03 bits per heavy atom. The van der Waals surface area contributed by atoms with E-state index in [-0.39, 0.29) is 36.8 Å². The molecule has 0 bridgehead atoms. The Morgan fingerprint density at radius 2 is 1.87 bits per heavy atom. The smallest absolute Gasteiger partial charge is 0.261 e. The van der Waals surface area contributed by atoms with Gasteiger partial charge in [-0.15, -0.1) is 0 Å². The Morgan fingerprint density at radius 3 is 2.70 bits per heavy atom. The number of nitrogens with zero attached hydrogens (tertiary/aromatic N) is 1. The summed E-state index contributed by atoms with van der Waals surface area (Å²) in [4.78, 5) is 39.3. The maximum atomic E-state index is 12.9. The zero-order valence-electron chi connectivity index (χ0n) is 16.2. The molecule has 8 nitrogen and oxygen atoms in total. The van der Waals surface area contributed by atoms with Gasteiger partial charge in [0.05, 0.1) is 23.8 Å². The van der Waals surface area contributed by atoms with Gasteiger partial charge in [-0.2, -0.15) is 0 Å². The van der Waals surface area contributed by atoms with Crippen LogP contribution in [0.15, 0.2) is 36.4 Å². The van der Waals surface area contributed by atoms with Crippen LogP contribution in [0, 0.1) is 0 Å². The van der Waals surface area contributed by atoms with E-state index in [1.165, 1.54) is 17.0 Å². The lowest BCUT2D eigenvalue weighted by atomic mass is 10.1. The monoisotopic (exact) mass is 408 g/mol. The van der Waals surface area contributed by atoms with Gasteiger partial charge in [0.2, 0.25) is 6.79 Å². The maximum Gasteiger partial charge on any atom is 0.261 e. The third-order valence-corrected chi connectivity index (χ3v) is 5.52. The molecule has 1 unspecified atom stereocenters. The van der Waals surface area contributed by atoms with E-state index >= 15 is 0 Å². The van der Waals surface area contributed by atoms with E-state index in [0.29, 0.717) is 29.2 Å². The molecule has 154 valence electrons. The molecule has 1 saturated heterocycles. The third kappa shape index (κ3) is 3.29. The first-order valence-corrected chi connectivity index (χ1v) is 9.89. The van der Waals surface area contributed by atoms with E-state index in [2.05, 4.69) is 5.32 Å². The van der Waals surface area contributed by atoms with Gasteiger partial charge in [-0.05, 0) is 48.7 Å². The molecule has 2 aromatic rings. The fourth-order valence-corrected chi connectivity index (χ4v) is 3.91. The molecule has 0 saturated carbocycles. The molecule has 3 aliphatic heterocycles. The number of ether oxygens (including phenoxy) is 3. The van der Waals surface area contributed by atoms with Crippen LogP contribution < -0.4 is 14.8 Å². The summed E-state index contributed by atoms with van der Waals surface area (Å²) in [5.41, 5.74) is 1.64. The number of carbonyl (C=O) groups is 3. The summed E-state index contributed by atoms with van der Waals surface area (Å²) in [5, 5.41) is 2.83. The molecule has 0 radical (unpaired) electrons. The van der Waals surface area contributed by atoms with Crippen molar-refractivity contribution in [3.05, 3.63) is 58.7 Å². The third-order valence-electron chi connectivity index (χ3n) is 5.52. The highest BCUT2D eigenvalue weighted by molar-refractivity contribution is 6.22. The average molecular weight is 408 g/mol. The van der Waals surface area contributed by atoms with Crippen LogP contribution in [-0.4, -0.2) is 48.7 Å². The molecule has 3 amide bonds. The molecule has 3 heterocycles. The zero-order chi connectivity index (χ0) is 20.7. The summed E-state index contributed by atoms with van der Waals surface area (Å²) in [6.07, 6.45) is 1.95. The first kappa shape index (κ1) is 18.6. The van der Waals surface area contributed by atoms with Crippen molar-refractivity contribution in [3.8, 4) is 11.5 Å². The molecule has 2 aromatic carbocycles. The Hall–Kier alpha value is -3.39. The van der Waals surface area contributed by atoms with Crippen LogP contribution in [0.5, 0.6) is 11.5 Å². The van der Waals surface area contributed by atoms with Crippen molar-refractivity contribution in [2.75, 3.05) is 19.9 Å². The first-order valence-electron chi connectivity index (χ1n) is 9.89. The molecule has 0 spiro atoms. The normalized spacial score (nSPS) is 19.3. The zero-order valence-corrected chi connectivity index (χ0v) is 16.2. The lowest BCUT2D eigenvalue weighted by molar-refractivity contribution is 0.0642. The second kappa shape index (κ2) is 7.46. The van der Waals surface area contributed by atoms with Gasteiger partial charge in [-0.1, -0.05) is 6.07 Å². The number of hydrogen-bond donors (Lipinski definition) is 1. The van der Waals surface area contributed by atoms with Gasteiger partial charge in [-0.25, -0.2) is 0 Å². The molecule has 0 aliphatic carbocycles. The van der Waals surface area contributed by atoms with E-state index < -0.39 is 5.91 Å². The molecule has 3 aliphatic rings. The van der Waals surface area contributed by atoms with Crippen LogP contribution in [0.4, 0.5) is 0 Å². The number of amides is 3. The van der Waals surface area contributed by atoms with Crippen LogP contribution in [0.2, 0.25) is 0 Å². The van der Waals surface area contributed by atoms with Crippen molar-refractivity contribution in [2.24, 2.45) is 0 Å². The lowest BCUT2D eigenvalue weighted by Gasteiger charge is -2.14. The van der Waals surface area contributed by atoms with Crippen LogP contribution in [-0.2, 0) is 11.3 Å². The Bertz CT molecular complexity index is 1040. The van der Waals surface area contributed by atoms with E-state index in [0.717, 1.165) is 25.0 Å². The Balaban J connectivity index is 1.31. The number of benzene rings is 2. The van der Waals surface area contributed by atoms with Gasteiger partial charge in [-0.3, -0.25) is 19.3 Å². The second-order valence-corrected chi connectivity index (χ2v) is 7.49. The highest BCUT2D eigenvalue weighted by Crippen LogP contribution is 2.34. The van der Waals surface area contributed by atoms with Gasteiger partial charge in [0, 0.05) is 18.7 Å². The van der Waals surface area contributed by atoms with E-state index in [1.807, 2.05) is 0 Å². The summed E-state index contributed by atoms with van der Waals surface area (Å²) < 4.78 is 16.2. The van der Waals surface area contributed by atoms with Crippen molar-refractivity contribution in [1.82, 2.24) is 10.2 Å². The number of carbonyl (C=O) groups excluding carboxylic acids is 3. The Kier molecular flexibility index (Phi) is 4.63. The van der Waals surface area contributed by atoms with Crippen LogP contribution in [0.3, 0.4) is 0 Å². The van der Waals surface area contributed by atoms with Crippen LogP contribution >= 0.6 is 0 Å². The molecule has 1 atom stereocenters. The second-order valence-electron chi connectivity index (χ2n) is 7.49. The minimum Gasteiger partial charge on any atom is -0.454 e. The van der Waals surface area contributed by atoms with Crippen molar-refractivity contribution >= 4 is 17.7 Å². The number of imide groups is 1. The largest absolute Gasteiger partial charge is 0.454 e. The van der Waals surface area contributed by atoms with Gasteiger partial charge in [0.25, 0.3) is 17.7 Å². The number of nitrogens with one attached hydrogen (secondary N) is 1. The van der Waals surface area contributed by atoms with E-state index in [1.54, 1.807) is 24.3 Å². The van der Waals surface area contributed by atoms with Gasteiger partial charge in [0.1, 0.15) is 0 Å². The molecule has 1 N–H and O–H groups in total. The fourth-order valence-electron chi connectivity index (χ4n) is 3.91. The average Bonchev–Trinajstić information content (AvgIpc) is 3.49. The molecule has 30 heavy (non-hydrogen) atoms. The van der Waals surface area contributed by atoms with Crippen molar-refractivity contribution in [1.29, 1.82) is 0 Å². The summed E-state index contributed by atoms with van der Waals surface area (Å²) in [7, 11) is 0. The summed E-state index contributed by atoms with van der Waals surface area (Å²) in [5.74, 6) is 0.150. The summed E-state index contributed by atoms with van der Waals surface area (Å²) >= 11 is 0. The molecular weight excluding hydrogens is 388 g/mol. The lowest BCUT2D eigenvalue weighted by Crippen LogP contribution is -2.31. The number of hydrogen-bond acceptors (Lipinski definition) is 6. The predicted octanol–water partition coefficient (Wildman–Crippen LogP) is 2.12. The van der Waals surface area contributed by atoms with Crippen molar-refractivity contribution in [3.63, 3.8) is 0 Å². The first-order chi connectivity index (χ1) is 14.6. The number of fused-ring (bicyclic) bond motifs is 2. The minimum atomic E-state index is -0.415. The fraction of sp³-hybridized carbons (Fsp3) is 0.318. The van der Waals surface area contributed by atoms with Gasteiger partial charge < -0.3 is 19.5 Å². The van der Waals surface area contributed by atoms with Crippen LogP contribution in [0.1, 0.15) is 49.5 Å². The topological polar surface area (TPSA) is 94.2 Å². The predicted molar refractivity (Wildman–Crippen MR) is 105 cm³/mol. The Labute approximate surface area is 172 Å². The molecule has 8 heteroatoms. The van der Waals surface area contributed by atoms with E-state index in [4.69, 9.17) is 14.2 Å². The van der Waals surface area contributed by atoms with E-state index in [9.17, 15) is 14.4 Å². The quantitative estimate of drug-likeness (QED) is 0.762. The van der Waals surface area contributed by atoms with Crippen LogP contribution in [0.25, 0.3) is 0 Å². The summed E-state index contributed by atoms with van der Waals surface area (Å²) in [6.45, 7) is 1.42. The summed E-state index contributed by atoms with van der Waals surface area (Å²) in [6, 6.07) is 9.90. The highest BCUT2D eigenvalue weighted by atomic mass is 16.7. The molecule has 5 rings (SSSR count). The standard InChI is InChI=1S/C22H20N2O6/c25-20(23-10-15-2-1-7-28-15)14-4-5-16-17(9-14)22(27)24(21(16)26)11-13-3-6-18-19(8-13)30-12-29-18/h3-6,8-9,15H,1-2,7,10-12H2,(H,23,25). The molecule has 0 aromatic heterocycles. The number of rotatable bonds is 5. The molecular formula is C22H20N2O6. The van der Waals surface area contributed by atoms with Gasteiger partial charge >= 0.3 is 0 Å². The SMILES string of the molecule is O=C(NCC1CCCO1)c1ccc2c(c1)C(=O)N(Cc1ccc3c(c1)OCO3)C2=O. The molecule has 1 fully saturated rings. The minimum absolute atomic E-state index is 0.0313. The van der Waals surface area contributed by atoms with Crippen molar-refractivity contribution in [2.45, 2.75) is 25.5 Å². The van der Waals surface area contributed by atoms with Crippen molar-refractivity contribution < 1.29 is 28.6 Å². The maximum absolute atomic E-state index is 12.9.